The number of nitrogens with zero attached hydrogens (tertiary/aromatic N) is 3. The van der Waals surface area contributed by atoms with Crippen molar-refractivity contribution in [2.75, 3.05) is 19.6 Å². The highest BCUT2D eigenvalue weighted by Crippen LogP contribution is 2.27. The zero-order chi connectivity index (χ0) is 37.5. The van der Waals surface area contributed by atoms with Gasteiger partial charge in [0.25, 0.3) is 0 Å². The maximum atomic E-state index is 14.6. The number of carbonyl (C=O) groups excluding carboxylic acids is 6. The fourth-order valence-electron chi connectivity index (χ4n) is 8.38. The van der Waals surface area contributed by atoms with Crippen LogP contribution in [-0.4, -0.2) is 106 Å². The van der Waals surface area contributed by atoms with Crippen LogP contribution in [0.5, 0.6) is 0 Å². The van der Waals surface area contributed by atoms with Crippen LogP contribution in [0.1, 0.15) is 82.8 Å². The smallest absolute Gasteiger partial charge is 0.246 e. The van der Waals surface area contributed by atoms with Gasteiger partial charge >= 0.3 is 0 Å². The Hall–Kier alpha value is -4.74. The van der Waals surface area contributed by atoms with E-state index in [1.54, 1.807) is 9.80 Å². The second-order valence-electron chi connectivity index (χ2n) is 15.1. The second kappa shape index (κ2) is 17.4. The predicted molar refractivity (Wildman–Crippen MR) is 199 cm³/mol. The minimum atomic E-state index is -1.03. The minimum Gasteiger partial charge on any atom is -0.342 e. The van der Waals surface area contributed by atoms with Gasteiger partial charge in [0.1, 0.15) is 36.3 Å². The first kappa shape index (κ1) is 38.0. The van der Waals surface area contributed by atoms with Gasteiger partial charge in [0.15, 0.2) is 0 Å². The molecule has 0 bridgehead atoms. The monoisotopic (exact) mass is 726 g/mol. The van der Waals surface area contributed by atoms with E-state index in [0.29, 0.717) is 58.2 Å². The lowest BCUT2D eigenvalue weighted by Gasteiger charge is -2.43. The van der Waals surface area contributed by atoms with Gasteiger partial charge in [-0.3, -0.25) is 28.8 Å². The molecule has 0 saturated carbocycles. The van der Waals surface area contributed by atoms with Gasteiger partial charge in [-0.15, -0.1) is 0 Å². The number of fused-ring (bicyclic) bond motifs is 3. The molecule has 4 aliphatic rings. The van der Waals surface area contributed by atoms with E-state index >= 15 is 0 Å². The van der Waals surface area contributed by atoms with Crippen molar-refractivity contribution in [2.24, 2.45) is 5.92 Å². The quantitative estimate of drug-likeness (QED) is 0.417. The molecule has 4 heterocycles. The molecule has 4 fully saturated rings. The zero-order valence-corrected chi connectivity index (χ0v) is 31.0. The van der Waals surface area contributed by atoms with E-state index in [9.17, 15) is 28.8 Å². The Balaban J connectivity index is 1.40. The SMILES string of the molecule is CC[C@H](C)[C@@H]1NC(=O)[C@@H](Cc2ccccc2)NC(=O)[C@@H]2CCCN2C(=O)[C@@H](Cc2ccccc2)NC(=O)[C@@H]2CCCCN2C(=O)[C@H]2CCCCN2C1=O. The van der Waals surface area contributed by atoms with Crippen LogP contribution in [0.2, 0.25) is 0 Å². The van der Waals surface area contributed by atoms with Gasteiger partial charge in [-0.25, -0.2) is 0 Å². The first-order valence-corrected chi connectivity index (χ1v) is 19.6. The summed E-state index contributed by atoms with van der Waals surface area (Å²) in [5.41, 5.74) is 1.67. The number of carbonyl (C=O) groups is 6. The summed E-state index contributed by atoms with van der Waals surface area (Å²) in [4.78, 5) is 91.0. The maximum absolute atomic E-state index is 14.6. The number of amides is 6. The molecule has 0 radical (unpaired) electrons. The third-order valence-corrected chi connectivity index (χ3v) is 11.6. The number of hydrogen-bond donors (Lipinski definition) is 3. The highest BCUT2D eigenvalue weighted by molar-refractivity contribution is 5.98. The molecular weight excluding hydrogens is 672 g/mol. The largest absolute Gasteiger partial charge is 0.342 e. The van der Waals surface area contributed by atoms with Crippen LogP contribution in [0.15, 0.2) is 60.7 Å². The molecule has 0 spiro atoms. The van der Waals surface area contributed by atoms with Crippen molar-refractivity contribution in [3.05, 3.63) is 71.8 Å². The van der Waals surface area contributed by atoms with Crippen molar-refractivity contribution in [1.82, 2.24) is 30.7 Å². The minimum absolute atomic E-state index is 0.175. The Labute approximate surface area is 312 Å². The van der Waals surface area contributed by atoms with E-state index < -0.39 is 54.0 Å². The van der Waals surface area contributed by atoms with E-state index in [-0.39, 0.29) is 36.5 Å². The number of benzene rings is 2. The molecule has 0 aliphatic carbocycles. The Morgan fingerprint density at radius 2 is 1.02 bits per heavy atom. The third kappa shape index (κ3) is 8.74. The number of rotatable bonds is 6. The van der Waals surface area contributed by atoms with Crippen molar-refractivity contribution in [1.29, 1.82) is 0 Å². The van der Waals surface area contributed by atoms with E-state index in [1.807, 2.05) is 74.5 Å². The topological polar surface area (TPSA) is 148 Å². The summed E-state index contributed by atoms with van der Waals surface area (Å²) in [6.45, 7) is 4.90. The van der Waals surface area contributed by atoms with Gasteiger partial charge in [-0.2, -0.15) is 0 Å². The normalized spacial score (nSPS) is 28.5. The Bertz CT molecular complexity index is 1640. The molecule has 53 heavy (non-hydrogen) atoms. The molecule has 6 amide bonds. The lowest BCUT2D eigenvalue weighted by Crippen LogP contribution is -2.64. The summed E-state index contributed by atoms with van der Waals surface area (Å²) in [6.07, 6.45) is 5.78. The fraction of sp³-hybridized carbons (Fsp3) is 0.561. The number of nitrogens with one attached hydrogen (secondary N) is 3. The van der Waals surface area contributed by atoms with Crippen LogP contribution >= 0.6 is 0 Å². The lowest BCUT2D eigenvalue weighted by atomic mass is 9.92. The zero-order valence-electron chi connectivity index (χ0n) is 31.0. The van der Waals surface area contributed by atoms with Gasteiger partial charge in [-0.1, -0.05) is 80.9 Å². The Morgan fingerprint density at radius 1 is 0.547 bits per heavy atom. The van der Waals surface area contributed by atoms with Gasteiger partial charge < -0.3 is 30.7 Å². The summed E-state index contributed by atoms with van der Waals surface area (Å²) >= 11 is 0. The molecular formula is C41H54N6O6. The van der Waals surface area contributed by atoms with E-state index in [4.69, 9.17) is 0 Å². The van der Waals surface area contributed by atoms with Crippen molar-refractivity contribution in [3.63, 3.8) is 0 Å². The van der Waals surface area contributed by atoms with Crippen molar-refractivity contribution in [2.45, 2.75) is 121 Å². The second-order valence-corrected chi connectivity index (χ2v) is 15.1. The summed E-state index contributed by atoms with van der Waals surface area (Å²) in [6, 6.07) is 13.4. The fourth-order valence-corrected chi connectivity index (χ4v) is 8.38. The molecule has 0 unspecified atom stereocenters. The molecule has 2 aromatic rings. The maximum Gasteiger partial charge on any atom is 0.246 e. The summed E-state index contributed by atoms with van der Waals surface area (Å²) < 4.78 is 0. The van der Waals surface area contributed by atoms with Crippen LogP contribution in [-0.2, 0) is 41.6 Å². The highest BCUT2D eigenvalue weighted by Gasteiger charge is 2.45. The van der Waals surface area contributed by atoms with Crippen LogP contribution < -0.4 is 16.0 Å². The van der Waals surface area contributed by atoms with Crippen molar-refractivity contribution in [3.8, 4) is 0 Å². The van der Waals surface area contributed by atoms with Crippen LogP contribution in [0.3, 0.4) is 0 Å². The average molecular weight is 727 g/mol. The molecule has 3 N–H and O–H groups in total. The van der Waals surface area contributed by atoms with Crippen molar-refractivity contribution < 1.29 is 28.8 Å². The molecule has 4 saturated heterocycles. The summed E-state index contributed by atoms with van der Waals surface area (Å²) in [5.74, 6) is -2.60. The molecule has 2 aromatic carbocycles. The molecule has 12 heteroatoms. The Morgan fingerprint density at radius 3 is 1.60 bits per heavy atom. The molecule has 7 atom stereocenters. The summed E-state index contributed by atoms with van der Waals surface area (Å²) in [5, 5.41) is 9.00. The molecule has 0 aromatic heterocycles. The average Bonchev–Trinajstić information content (AvgIpc) is 3.69. The van der Waals surface area contributed by atoms with Crippen LogP contribution in [0, 0.1) is 5.92 Å². The molecule has 284 valence electrons. The standard InChI is InChI=1S/C41H54N6O6/c1-3-27(2)35-41(53)47-23-13-11-20-34(47)40(52)46-22-12-10-19-32(46)38(50)43-31(26-29-17-8-5-9-18-29)39(51)45-24-14-21-33(45)37(49)42-30(36(48)44-35)25-28-15-6-4-7-16-28/h4-9,15-18,27,30-35H,3,10-14,19-26H2,1-2H3,(H,42,49)(H,43,50)(H,44,48)/t27-,30+,31+,32-,33-,34+,35-/m0/s1. The number of piperidine rings is 2. The third-order valence-electron chi connectivity index (χ3n) is 11.6. The van der Waals surface area contributed by atoms with E-state index in [2.05, 4.69) is 16.0 Å². The Kier molecular flexibility index (Phi) is 12.5. The van der Waals surface area contributed by atoms with Crippen LogP contribution in [0.4, 0.5) is 0 Å². The summed E-state index contributed by atoms with van der Waals surface area (Å²) in [7, 11) is 0. The highest BCUT2D eigenvalue weighted by atomic mass is 16.2. The van der Waals surface area contributed by atoms with Gasteiger partial charge in [-0.05, 0) is 68.4 Å². The van der Waals surface area contributed by atoms with Gasteiger partial charge in [0, 0.05) is 32.5 Å². The first-order chi connectivity index (χ1) is 25.7. The first-order valence-electron chi connectivity index (χ1n) is 19.6. The van der Waals surface area contributed by atoms with E-state index in [1.165, 1.54) is 4.90 Å². The number of hydrogen-bond acceptors (Lipinski definition) is 6. The van der Waals surface area contributed by atoms with Gasteiger partial charge in [0.05, 0.1) is 0 Å². The lowest BCUT2D eigenvalue weighted by molar-refractivity contribution is -0.155. The van der Waals surface area contributed by atoms with Crippen LogP contribution in [0.25, 0.3) is 0 Å². The van der Waals surface area contributed by atoms with E-state index in [0.717, 1.165) is 30.4 Å². The van der Waals surface area contributed by atoms with Gasteiger partial charge in [0.2, 0.25) is 35.4 Å². The molecule has 4 aliphatic heterocycles. The molecule has 6 rings (SSSR count). The predicted octanol–water partition coefficient (Wildman–Crippen LogP) is 2.74. The molecule has 12 nitrogen and oxygen atoms in total. The van der Waals surface area contributed by atoms with Crippen molar-refractivity contribution >= 4 is 35.4 Å².